The second-order valence-corrected chi connectivity index (χ2v) is 5.91. The number of rotatable bonds is 7. The first-order valence-electron chi connectivity index (χ1n) is 6.34. The molecule has 0 fully saturated rings. The molecule has 0 saturated heterocycles. The van der Waals surface area contributed by atoms with E-state index in [0.717, 1.165) is 0 Å². The van der Waals surface area contributed by atoms with E-state index in [1.165, 1.54) is 6.07 Å². The third-order valence-corrected chi connectivity index (χ3v) is 3.59. The molecule has 0 aromatic heterocycles. The Morgan fingerprint density at radius 2 is 1.83 bits per heavy atom. The van der Waals surface area contributed by atoms with E-state index in [2.05, 4.69) is 9.47 Å². The number of esters is 2. The molecule has 0 bridgehead atoms. The molecule has 11 heteroatoms. The lowest BCUT2D eigenvalue weighted by Crippen LogP contribution is -2.35. The first kappa shape index (κ1) is 19.0. The molecular weight excluding hydrogens is 337 g/mol. The van der Waals surface area contributed by atoms with Crippen LogP contribution in [0.5, 0.6) is 0 Å². The number of hydrogen-bond acceptors (Lipinski definition) is 6. The fourth-order valence-electron chi connectivity index (χ4n) is 1.51. The zero-order chi connectivity index (χ0) is 17.7. The van der Waals surface area contributed by atoms with Gasteiger partial charge in [-0.15, -0.1) is 0 Å². The lowest BCUT2D eigenvalue weighted by atomic mass is 9.93. The second kappa shape index (κ2) is 7.51. The highest BCUT2D eigenvalue weighted by molar-refractivity contribution is 7.86. The fourth-order valence-corrected chi connectivity index (χ4v) is 1.72. The van der Waals surface area contributed by atoms with E-state index in [1.54, 1.807) is 26.0 Å². The molecule has 0 aliphatic rings. The van der Waals surface area contributed by atoms with Gasteiger partial charge in [0.1, 0.15) is 7.85 Å². The van der Waals surface area contributed by atoms with Gasteiger partial charge in [-0.25, -0.2) is 9.59 Å². The highest BCUT2D eigenvalue weighted by Gasteiger charge is 2.45. The van der Waals surface area contributed by atoms with Crippen molar-refractivity contribution in [3.8, 4) is 0 Å². The van der Waals surface area contributed by atoms with Crippen LogP contribution in [-0.4, -0.2) is 51.2 Å². The molecule has 23 heavy (non-hydrogen) atoms. The van der Waals surface area contributed by atoms with Crippen molar-refractivity contribution in [3.05, 3.63) is 35.4 Å². The smallest absolute Gasteiger partial charge is 0.402 e. The molecule has 1 N–H and O–H groups in total. The van der Waals surface area contributed by atoms with E-state index < -0.39 is 40.5 Å². The minimum Gasteiger partial charge on any atom is -0.455 e. The first-order valence-corrected chi connectivity index (χ1v) is 7.78. The van der Waals surface area contributed by atoms with Crippen molar-refractivity contribution in [2.75, 3.05) is 13.2 Å². The zero-order valence-electron chi connectivity index (χ0n) is 12.0. The first-order chi connectivity index (χ1) is 10.6. The van der Waals surface area contributed by atoms with Crippen molar-refractivity contribution in [1.29, 1.82) is 0 Å². The Labute approximate surface area is 131 Å². The van der Waals surface area contributed by atoms with Crippen molar-refractivity contribution in [3.63, 3.8) is 0 Å². The summed E-state index contributed by atoms with van der Waals surface area (Å²) in [6.45, 7) is -2.85. The summed E-state index contributed by atoms with van der Waals surface area (Å²) in [7, 11) is -3.90. The Morgan fingerprint density at radius 1 is 1.22 bits per heavy atom. The number of carbonyl (C=O) groups is 2. The quantitative estimate of drug-likeness (QED) is 0.419. The maximum absolute atomic E-state index is 12.8. The third-order valence-electron chi connectivity index (χ3n) is 2.72. The number of carbonyl (C=O) groups excluding carboxylic acids is 2. The summed E-state index contributed by atoms with van der Waals surface area (Å²) in [5.41, 5.74) is 0.884. The van der Waals surface area contributed by atoms with Crippen LogP contribution < -0.4 is 0 Å². The van der Waals surface area contributed by atoms with Gasteiger partial charge in [0.15, 0.2) is 13.2 Å². The summed E-state index contributed by atoms with van der Waals surface area (Å²) in [5, 5.41) is -4.64. The van der Waals surface area contributed by atoms with Gasteiger partial charge in [-0.1, -0.05) is 24.5 Å². The second-order valence-electron chi connectivity index (χ2n) is 4.36. The predicted molar refractivity (Wildman–Crippen MR) is 76.4 cm³/mol. The van der Waals surface area contributed by atoms with Crippen molar-refractivity contribution in [2.45, 2.75) is 11.6 Å². The maximum atomic E-state index is 12.8. The topological polar surface area (TPSA) is 107 Å². The molecule has 0 aliphatic heterocycles. The Balaban J connectivity index is 2.55. The summed E-state index contributed by atoms with van der Waals surface area (Å²) in [6.07, 6.45) is 0.538. The number of alkyl halides is 2. The number of ether oxygens (including phenoxy) is 2. The highest BCUT2D eigenvalue weighted by Crippen LogP contribution is 2.20. The van der Waals surface area contributed by atoms with Gasteiger partial charge < -0.3 is 9.47 Å². The monoisotopic (exact) mass is 350 g/mol. The van der Waals surface area contributed by atoms with E-state index in [1.807, 2.05) is 0 Å². The van der Waals surface area contributed by atoms with Gasteiger partial charge in [-0.3, -0.25) is 4.55 Å². The Kier molecular flexibility index (Phi) is 6.22. The molecule has 126 valence electrons. The zero-order valence-corrected chi connectivity index (χ0v) is 12.8. The molecule has 0 heterocycles. The minimum absolute atomic E-state index is 0.214. The van der Waals surface area contributed by atoms with Gasteiger partial charge in [0.05, 0.1) is 5.56 Å². The van der Waals surface area contributed by atoms with Crippen molar-refractivity contribution in [1.82, 2.24) is 0 Å². The van der Waals surface area contributed by atoms with E-state index >= 15 is 0 Å². The molecule has 7 nitrogen and oxygen atoms in total. The number of benzene rings is 1. The molecule has 0 atom stereocenters. The van der Waals surface area contributed by atoms with E-state index in [9.17, 15) is 26.8 Å². The Hall–Kier alpha value is -2.01. The third kappa shape index (κ3) is 5.29. The van der Waals surface area contributed by atoms with Gasteiger partial charge in [0, 0.05) is 0 Å². The lowest BCUT2D eigenvalue weighted by molar-refractivity contribution is -0.153. The summed E-state index contributed by atoms with van der Waals surface area (Å²) in [6, 6.07) is 6.45. The van der Waals surface area contributed by atoms with E-state index in [-0.39, 0.29) is 5.56 Å². The van der Waals surface area contributed by atoms with E-state index in [4.69, 9.17) is 4.55 Å². The van der Waals surface area contributed by atoms with Crippen LogP contribution in [0.4, 0.5) is 8.78 Å². The SMILES string of the molecule is BCc1ccccc1C(=O)OCC(=O)OCC(F)(F)S(=O)(=O)O. The molecule has 0 unspecified atom stereocenters. The summed E-state index contributed by atoms with van der Waals surface area (Å²) in [4.78, 5) is 23.0. The van der Waals surface area contributed by atoms with Crippen molar-refractivity contribution in [2.24, 2.45) is 0 Å². The van der Waals surface area contributed by atoms with E-state index in [0.29, 0.717) is 11.9 Å². The van der Waals surface area contributed by atoms with Crippen LogP contribution >= 0.6 is 0 Å². The van der Waals surface area contributed by atoms with Gasteiger partial charge in [0.2, 0.25) is 0 Å². The van der Waals surface area contributed by atoms with Gasteiger partial charge >= 0.3 is 27.3 Å². The Morgan fingerprint density at radius 3 is 2.39 bits per heavy atom. The maximum Gasteiger partial charge on any atom is 0.402 e. The highest BCUT2D eigenvalue weighted by atomic mass is 32.2. The van der Waals surface area contributed by atoms with Crippen LogP contribution in [0.25, 0.3) is 0 Å². The fraction of sp³-hybridized carbons (Fsp3) is 0.333. The summed E-state index contributed by atoms with van der Waals surface area (Å²) in [5.74, 6) is -2.23. The van der Waals surface area contributed by atoms with Crippen molar-refractivity contribution >= 4 is 29.9 Å². The van der Waals surface area contributed by atoms with Crippen LogP contribution in [0.1, 0.15) is 15.9 Å². The lowest BCUT2D eigenvalue weighted by Gasteiger charge is -2.13. The minimum atomic E-state index is -5.70. The largest absolute Gasteiger partial charge is 0.455 e. The van der Waals surface area contributed by atoms with Crippen LogP contribution in [0.2, 0.25) is 0 Å². The van der Waals surface area contributed by atoms with Gasteiger partial charge in [-0.2, -0.15) is 17.2 Å². The molecule has 0 radical (unpaired) electrons. The molecule has 1 aromatic rings. The number of hydrogen-bond donors (Lipinski definition) is 1. The average molecular weight is 350 g/mol. The molecule has 1 rings (SSSR count). The van der Waals surface area contributed by atoms with Crippen LogP contribution in [-0.2, 0) is 30.7 Å². The predicted octanol–water partition coefficient (Wildman–Crippen LogP) is 0.000300. The molecular formula is C12H13BF2O7S. The molecule has 0 aliphatic carbocycles. The number of halogens is 2. The summed E-state index contributed by atoms with van der Waals surface area (Å²) >= 11 is 0. The standard InChI is InChI=1S/C12H13BF2O7S/c13-5-8-3-1-2-4-9(8)11(17)21-6-10(16)22-7-12(14,15)23(18,19)20/h1-4H,5-7,13H2,(H,18,19,20). The summed E-state index contributed by atoms with van der Waals surface area (Å²) < 4.78 is 63.1. The van der Waals surface area contributed by atoms with Crippen LogP contribution in [0, 0.1) is 0 Å². The van der Waals surface area contributed by atoms with Crippen LogP contribution in [0.15, 0.2) is 24.3 Å². The van der Waals surface area contributed by atoms with Crippen LogP contribution in [0.3, 0.4) is 0 Å². The molecule has 0 spiro atoms. The Bertz CT molecular complexity index is 690. The molecule has 0 saturated carbocycles. The van der Waals surface area contributed by atoms with Gasteiger partial charge in [-0.05, 0) is 11.6 Å². The average Bonchev–Trinajstić information content (AvgIpc) is 2.49. The van der Waals surface area contributed by atoms with Crippen molar-refractivity contribution < 1.29 is 40.8 Å². The molecule has 1 aromatic carbocycles. The van der Waals surface area contributed by atoms with Gasteiger partial charge in [0.25, 0.3) is 0 Å². The normalized spacial score (nSPS) is 11.8. The molecule has 0 amide bonds.